The fraction of sp³-hybridized carbons (Fsp3) is 0.462. The van der Waals surface area contributed by atoms with Crippen molar-refractivity contribution in [2.75, 3.05) is 12.4 Å². The molecule has 1 fully saturated rings. The maximum absolute atomic E-state index is 11.7. The van der Waals surface area contributed by atoms with Gasteiger partial charge in [-0.3, -0.25) is 14.4 Å². The molecule has 2 N–H and O–H groups in total. The highest BCUT2D eigenvalue weighted by molar-refractivity contribution is 5.96. The zero-order valence-corrected chi connectivity index (χ0v) is 11.0. The van der Waals surface area contributed by atoms with Gasteiger partial charge in [-0.2, -0.15) is 0 Å². The van der Waals surface area contributed by atoms with Gasteiger partial charge in [0.2, 0.25) is 5.91 Å². The summed E-state index contributed by atoms with van der Waals surface area (Å²) in [5, 5.41) is 2.76. The highest BCUT2D eigenvalue weighted by atomic mass is 16.6. The van der Waals surface area contributed by atoms with E-state index >= 15 is 0 Å². The van der Waals surface area contributed by atoms with Gasteiger partial charge in [-0.05, 0) is 30.9 Å². The summed E-state index contributed by atoms with van der Waals surface area (Å²) in [5.41, 5.74) is 3.53. The summed E-state index contributed by atoms with van der Waals surface area (Å²) in [6.07, 6.45) is 4.01. The minimum Gasteiger partial charge on any atom is -0.310 e. The number of nitrogens with one attached hydrogen (secondary N) is 2. The van der Waals surface area contributed by atoms with Gasteiger partial charge in [0.05, 0.1) is 12.7 Å². The Morgan fingerprint density at radius 2 is 2.21 bits per heavy atom. The van der Waals surface area contributed by atoms with E-state index in [1.54, 1.807) is 6.07 Å². The van der Waals surface area contributed by atoms with E-state index in [4.69, 9.17) is 0 Å². The average molecular weight is 263 g/mol. The number of aromatic nitrogens is 1. The third-order valence-corrected chi connectivity index (χ3v) is 3.01. The molecule has 0 spiro atoms. The van der Waals surface area contributed by atoms with Gasteiger partial charge in [-0.25, -0.2) is 10.5 Å². The maximum atomic E-state index is 11.7. The van der Waals surface area contributed by atoms with Crippen LogP contribution in [0, 0.1) is 5.92 Å². The Balaban J connectivity index is 2.15. The first-order valence-corrected chi connectivity index (χ1v) is 6.28. The summed E-state index contributed by atoms with van der Waals surface area (Å²) in [6, 6.07) is 1.73. The number of pyridine rings is 1. The smallest absolute Gasteiger partial charge is 0.276 e. The molecular formula is C13H17N3O3. The van der Waals surface area contributed by atoms with E-state index in [-0.39, 0.29) is 17.7 Å². The molecule has 2 amide bonds. The number of hydrogen-bond donors (Lipinski definition) is 2. The van der Waals surface area contributed by atoms with Gasteiger partial charge < -0.3 is 5.32 Å². The lowest BCUT2D eigenvalue weighted by Gasteiger charge is -2.10. The zero-order valence-electron chi connectivity index (χ0n) is 11.0. The number of aryl methyl sites for hydroxylation is 1. The van der Waals surface area contributed by atoms with E-state index in [9.17, 15) is 9.59 Å². The maximum Gasteiger partial charge on any atom is 0.276 e. The van der Waals surface area contributed by atoms with E-state index in [0.717, 1.165) is 18.4 Å². The monoisotopic (exact) mass is 263 g/mol. The number of rotatable bonds is 5. The second-order valence-corrected chi connectivity index (χ2v) is 4.48. The molecule has 0 atom stereocenters. The lowest BCUT2D eigenvalue weighted by atomic mass is 10.1. The molecule has 0 aromatic carbocycles. The van der Waals surface area contributed by atoms with E-state index in [0.29, 0.717) is 17.8 Å². The molecule has 1 heterocycles. The quantitative estimate of drug-likeness (QED) is 0.784. The van der Waals surface area contributed by atoms with Crippen molar-refractivity contribution in [1.82, 2.24) is 10.5 Å². The predicted octanol–water partition coefficient (Wildman–Crippen LogP) is 1.28. The van der Waals surface area contributed by atoms with E-state index < -0.39 is 0 Å². The Bertz CT molecular complexity index is 498. The van der Waals surface area contributed by atoms with E-state index in [1.165, 1.54) is 13.3 Å². The van der Waals surface area contributed by atoms with Crippen molar-refractivity contribution < 1.29 is 14.4 Å². The molecule has 0 unspecified atom stereocenters. The predicted molar refractivity (Wildman–Crippen MR) is 69.4 cm³/mol. The lowest BCUT2D eigenvalue weighted by molar-refractivity contribution is -0.117. The first-order chi connectivity index (χ1) is 9.15. The minimum atomic E-state index is -0.341. The third-order valence-electron chi connectivity index (χ3n) is 3.01. The lowest BCUT2D eigenvalue weighted by Crippen LogP contribution is -2.23. The number of nitrogens with zero attached hydrogens (tertiary/aromatic N) is 1. The molecular weight excluding hydrogens is 246 g/mol. The highest BCUT2D eigenvalue weighted by Gasteiger charge is 2.29. The molecule has 2 rings (SSSR count). The van der Waals surface area contributed by atoms with Crippen LogP contribution < -0.4 is 10.8 Å². The molecule has 0 radical (unpaired) electrons. The molecule has 6 heteroatoms. The van der Waals surface area contributed by atoms with Gasteiger partial charge >= 0.3 is 0 Å². The van der Waals surface area contributed by atoms with Gasteiger partial charge in [0.15, 0.2) is 0 Å². The van der Waals surface area contributed by atoms with Crippen molar-refractivity contribution in [3.8, 4) is 0 Å². The Kier molecular flexibility index (Phi) is 4.11. The zero-order chi connectivity index (χ0) is 13.8. The van der Waals surface area contributed by atoms with Crippen LogP contribution in [0.1, 0.15) is 35.7 Å². The molecule has 1 aromatic rings. The normalized spacial score (nSPS) is 14.0. The van der Waals surface area contributed by atoms with Gasteiger partial charge in [0, 0.05) is 12.1 Å². The van der Waals surface area contributed by atoms with Crippen molar-refractivity contribution in [1.29, 1.82) is 0 Å². The van der Waals surface area contributed by atoms with Crippen LogP contribution >= 0.6 is 0 Å². The fourth-order valence-electron chi connectivity index (χ4n) is 1.78. The molecule has 6 nitrogen and oxygen atoms in total. The Labute approximate surface area is 111 Å². The van der Waals surface area contributed by atoms with Crippen molar-refractivity contribution >= 4 is 17.6 Å². The number of carbonyl (C=O) groups is 2. The summed E-state index contributed by atoms with van der Waals surface area (Å²) in [4.78, 5) is 32.0. The van der Waals surface area contributed by atoms with Gasteiger partial charge in [0.1, 0.15) is 5.82 Å². The van der Waals surface area contributed by atoms with Crippen LogP contribution in [0.2, 0.25) is 0 Å². The van der Waals surface area contributed by atoms with Crippen molar-refractivity contribution in [3.63, 3.8) is 0 Å². The number of hydrogen-bond acceptors (Lipinski definition) is 4. The van der Waals surface area contributed by atoms with Crippen LogP contribution in [0.25, 0.3) is 0 Å². The molecule has 1 aliphatic carbocycles. The van der Waals surface area contributed by atoms with Gasteiger partial charge in [0.25, 0.3) is 5.91 Å². The molecule has 0 bridgehead atoms. The molecule has 0 aliphatic heterocycles. The number of hydroxylamine groups is 1. The van der Waals surface area contributed by atoms with Crippen LogP contribution in [0.5, 0.6) is 0 Å². The van der Waals surface area contributed by atoms with E-state index in [2.05, 4.69) is 20.6 Å². The molecule has 102 valence electrons. The standard InChI is InChI=1S/C13H17N3O3/c1-3-8-6-11(15-12(17)9-4-5-9)14-7-10(8)13(18)16-19-2/h6-7,9H,3-5H2,1-2H3,(H,16,18)(H,14,15,17). The Morgan fingerprint density at radius 1 is 1.47 bits per heavy atom. The van der Waals surface area contributed by atoms with Crippen LogP contribution in [0.15, 0.2) is 12.3 Å². The fourth-order valence-corrected chi connectivity index (χ4v) is 1.78. The van der Waals surface area contributed by atoms with E-state index in [1.807, 2.05) is 6.92 Å². The molecule has 1 aliphatic rings. The summed E-state index contributed by atoms with van der Waals surface area (Å²) in [5.74, 6) is 0.279. The molecule has 0 saturated heterocycles. The number of anilines is 1. The highest BCUT2D eigenvalue weighted by Crippen LogP contribution is 2.30. The SMILES string of the molecule is CCc1cc(NC(=O)C2CC2)ncc1C(=O)NOC. The molecule has 1 aromatic heterocycles. The number of amides is 2. The van der Waals surface area contributed by atoms with Crippen molar-refractivity contribution in [2.24, 2.45) is 5.92 Å². The largest absolute Gasteiger partial charge is 0.310 e. The second kappa shape index (κ2) is 5.79. The molecule has 1 saturated carbocycles. The third kappa shape index (κ3) is 3.29. The summed E-state index contributed by atoms with van der Waals surface area (Å²) >= 11 is 0. The number of carbonyl (C=O) groups excluding carboxylic acids is 2. The average Bonchev–Trinajstić information content (AvgIpc) is 3.23. The first-order valence-electron chi connectivity index (χ1n) is 6.28. The topological polar surface area (TPSA) is 80.3 Å². The van der Waals surface area contributed by atoms with Crippen molar-refractivity contribution in [2.45, 2.75) is 26.2 Å². The summed E-state index contributed by atoms with van der Waals surface area (Å²) in [7, 11) is 1.38. The van der Waals surface area contributed by atoms with Crippen LogP contribution in [0.4, 0.5) is 5.82 Å². The second-order valence-electron chi connectivity index (χ2n) is 4.48. The van der Waals surface area contributed by atoms with Crippen LogP contribution in [-0.2, 0) is 16.1 Å². The first kappa shape index (κ1) is 13.5. The van der Waals surface area contributed by atoms with Gasteiger partial charge in [-0.15, -0.1) is 0 Å². The molecule has 19 heavy (non-hydrogen) atoms. The van der Waals surface area contributed by atoms with Crippen LogP contribution in [-0.4, -0.2) is 23.9 Å². The van der Waals surface area contributed by atoms with Crippen molar-refractivity contribution in [3.05, 3.63) is 23.4 Å². The summed E-state index contributed by atoms with van der Waals surface area (Å²) in [6.45, 7) is 1.94. The Morgan fingerprint density at radius 3 is 2.79 bits per heavy atom. The van der Waals surface area contributed by atoms with Crippen LogP contribution in [0.3, 0.4) is 0 Å². The summed E-state index contributed by atoms with van der Waals surface area (Å²) < 4.78 is 0. The Hall–Kier alpha value is -1.95. The van der Waals surface area contributed by atoms with Gasteiger partial charge in [-0.1, -0.05) is 6.92 Å². The minimum absolute atomic E-state index is 0.00338.